The van der Waals surface area contributed by atoms with Crippen molar-refractivity contribution in [3.8, 4) is 0 Å². The Kier molecular flexibility index (Phi) is 3.06. The van der Waals surface area contributed by atoms with Gasteiger partial charge >= 0.3 is 0 Å². The molecule has 0 N–H and O–H groups in total. The van der Waals surface area contributed by atoms with E-state index in [9.17, 15) is 0 Å². The molecule has 0 radical (unpaired) electrons. The maximum Gasteiger partial charge on any atom is 0.186 e. The third-order valence-electron chi connectivity index (χ3n) is 3.32. The second kappa shape index (κ2) is 4.55. The average molecular weight is 299 g/mol. The maximum absolute atomic E-state index is 5.78. The first kappa shape index (κ1) is 11.4. The van der Waals surface area contributed by atoms with E-state index in [1.54, 1.807) is 0 Å². The van der Waals surface area contributed by atoms with Crippen molar-refractivity contribution in [3.63, 3.8) is 0 Å². The quantitative estimate of drug-likeness (QED) is 0.796. The maximum atomic E-state index is 5.78. The Hall–Kier alpha value is -0.650. The second-order valence-electron chi connectivity index (χ2n) is 4.46. The van der Waals surface area contributed by atoms with E-state index in [1.165, 1.54) is 0 Å². The molecule has 92 valence electrons. The lowest BCUT2D eigenvalue weighted by atomic mass is 10.0. The first-order valence-electron chi connectivity index (χ1n) is 5.91. The van der Waals surface area contributed by atoms with E-state index in [0.717, 1.165) is 36.1 Å². The first-order chi connectivity index (χ1) is 8.29. The van der Waals surface area contributed by atoms with Crippen molar-refractivity contribution in [2.75, 3.05) is 31.2 Å². The van der Waals surface area contributed by atoms with Crippen molar-refractivity contribution >= 4 is 21.6 Å². The molecule has 0 unspecified atom stereocenters. The first-order valence-corrected chi connectivity index (χ1v) is 6.71. The van der Waals surface area contributed by atoms with Crippen LogP contribution in [0.15, 0.2) is 22.9 Å². The lowest BCUT2D eigenvalue weighted by Crippen LogP contribution is -2.49. The van der Waals surface area contributed by atoms with E-state index in [1.807, 2.05) is 18.5 Å². The highest BCUT2D eigenvalue weighted by Gasteiger charge is 2.41. The summed E-state index contributed by atoms with van der Waals surface area (Å²) in [5.41, 5.74) is 1.16. The zero-order valence-corrected chi connectivity index (χ0v) is 11.1. The fourth-order valence-corrected chi connectivity index (χ4v) is 3.05. The van der Waals surface area contributed by atoms with Crippen LogP contribution in [-0.4, -0.2) is 37.1 Å². The van der Waals surface area contributed by atoms with Crippen molar-refractivity contribution in [1.82, 2.24) is 4.98 Å². The van der Waals surface area contributed by atoms with E-state index in [4.69, 9.17) is 9.47 Å². The van der Waals surface area contributed by atoms with Gasteiger partial charge in [-0.3, -0.25) is 4.98 Å². The number of anilines is 1. The summed E-state index contributed by atoms with van der Waals surface area (Å²) < 4.78 is 12.6. The summed E-state index contributed by atoms with van der Waals surface area (Å²) >= 11 is 3.54. The Bertz CT molecular complexity index is 407. The van der Waals surface area contributed by atoms with Crippen LogP contribution in [0.4, 0.5) is 5.69 Å². The number of hydrogen-bond donors (Lipinski definition) is 0. The standard InChI is InChI=1S/C12H15BrN2O2/c13-10-8-14-4-2-11(10)15-5-1-3-12(9-15)16-6-7-17-12/h2,4,8H,1,3,5-7,9H2. The number of pyridine rings is 1. The van der Waals surface area contributed by atoms with Crippen LogP contribution in [-0.2, 0) is 9.47 Å². The van der Waals surface area contributed by atoms with Gasteiger partial charge in [0.2, 0.25) is 0 Å². The fraction of sp³-hybridized carbons (Fsp3) is 0.583. The zero-order chi connectivity index (χ0) is 11.7. The molecular formula is C12H15BrN2O2. The molecule has 0 bridgehead atoms. The SMILES string of the molecule is Brc1cnccc1N1CCCC2(C1)OCCO2. The molecule has 0 atom stereocenters. The number of ether oxygens (including phenoxy) is 2. The molecule has 2 aliphatic rings. The average Bonchev–Trinajstić information content (AvgIpc) is 2.78. The number of aromatic nitrogens is 1. The van der Waals surface area contributed by atoms with Gasteiger partial charge in [0.15, 0.2) is 5.79 Å². The predicted octanol–water partition coefficient (Wildman–Crippen LogP) is 2.19. The van der Waals surface area contributed by atoms with E-state index in [2.05, 4.69) is 25.8 Å². The molecule has 0 aliphatic carbocycles. The van der Waals surface area contributed by atoms with Crippen LogP contribution in [0.2, 0.25) is 0 Å². The van der Waals surface area contributed by atoms with Gasteiger partial charge in [-0.25, -0.2) is 0 Å². The summed E-state index contributed by atoms with van der Waals surface area (Å²) in [4.78, 5) is 6.40. The highest BCUT2D eigenvalue weighted by Crippen LogP contribution is 2.34. The van der Waals surface area contributed by atoms with Gasteiger partial charge in [0, 0.05) is 25.4 Å². The van der Waals surface area contributed by atoms with Gasteiger partial charge in [-0.05, 0) is 28.4 Å². The van der Waals surface area contributed by atoms with Crippen molar-refractivity contribution in [1.29, 1.82) is 0 Å². The van der Waals surface area contributed by atoms with Gasteiger partial charge in [-0.1, -0.05) is 0 Å². The highest BCUT2D eigenvalue weighted by atomic mass is 79.9. The minimum absolute atomic E-state index is 0.374. The molecule has 1 aromatic heterocycles. The summed E-state index contributed by atoms with van der Waals surface area (Å²) in [6.45, 7) is 3.27. The van der Waals surface area contributed by atoms with Crippen LogP contribution >= 0.6 is 15.9 Å². The summed E-state index contributed by atoms with van der Waals surface area (Å²) in [7, 11) is 0. The van der Waals surface area contributed by atoms with Gasteiger partial charge in [-0.15, -0.1) is 0 Å². The molecular weight excluding hydrogens is 284 g/mol. The molecule has 0 aromatic carbocycles. The summed E-state index contributed by atoms with van der Waals surface area (Å²) in [5.74, 6) is -0.374. The largest absolute Gasteiger partial charge is 0.365 e. The molecule has 2 saturated heterocycles. The predicted molar refractivity (Wildman–Crippen MR) is 68.0 cm³/mol. The molecule has 0 saturated carbocycles. The summed E-state index contributed by atoms with van der Waals surface area (Å²) in [5, 5.41) is 0. The molecule has 5 heteroatoms. The van der Waals surface area contributed by atoms with Crippen molar-refractivity contribution in [2.45, 2.75) is 18.6 Å². The summed E-state index contributed by atoms with van der Waals surface area (Å²) in [6.07, 6.45) is 5.73. The van der Waals surface area contributed by atoms with Crippen LogP contribution in [0.25, 0.3) is 0 Å². The Morgan fingerprint density at radius 2 is 2.18 bits per heavy atom. The second-order valence-corrected chi connectivity index (χ2v) is 5.31. The van der Waals surface area contributed by atoms with Gasteiger partial charge in [0.25, 0.3) is 0 Å². The zero-order valence-electron chi connectivity index (χ0n) is 9.56. The van der Waals surface area contributed by atoms with Crippen LogP contribution in [0.3, 0.4) is 0 Å². The Balaban J connectivity index is 1.82. The normalized spacial score (nSPS) is 23.2. The van der Waals surface area contributed by atoms with Gasteiger partial charge in [0.05, 0.1) is 29.9 Å². The molecule has 1 aromatic rings. The Labute approximate surface area is 109 Å². The molecule has 3 rings (SSSR count). The fourth-order valence-electron chi connectivity index (χ4n) is 2.55. The number of nitrogens with zero attached hydrogens (tertiary/aromatic N) is 2. The highest BCUT2D eigenvalue weighted by molar-refractivity contribution is 9.10. The third-order valence-corrected chi connectivity index (χ3v) is 3.93. The molecule has 0 amide bonds. The molecule has 2 fully saturated rings. The van der Waals surface area contributed by atoms with E-state index >= 15 is 0 Å². The van der Waals surface area contributed by atoms with Crippen LogP contribution in [0.1, 0.15) is 12.8 Å². The van der Waals surface area contributed by atoms with Crippen LogP contribution in [0, 0.1) is 0 Å². The van der Waals surface area contributed by atoms with Crippen molar-refractivity contribution in [3.05, 3.63) is 22.9 Å². The molecule has 2 aliphatic heterocycles. The topological polar surface area (TPSA) is 34.6 Å². The minimum atomic E-state index is -0.374. The van der Waals surface area contributed by atoms with Crippen molar-refractivity contribution < 1.29 is 9.47 Å². The van der Waals surface area contributed by atoms with Crippen LogP contribution < -0.4 is 4.90 Å². The lowest BCUT2D eigenvalue weighted by molar-refractivity contribution is -0.161. The van der Waals surface area contributed by atoms with Gasteiger partial charge < -0.3 is 14.4 Å². The number of piperidine rings is 1. The molecule has 4 nitrogen and oxygen atoms in total. The van der Waals surface area contributed by atoms with E-state index in [-0.39, 0.29) is 5.79 Å². The lowest BCUT2D eigenvalue weighted by Gasteiger charge is -2.40. The van der Waals surface area contributed by atoms with Gasteiger partial charge in [-0.2, -0.15) is 0 Å². The van der Waals surface area contributed by atoms with Crippen LogP contribution in [0.5, 0.6) is 0 Å². The number of hydrogen-bond acceptors (Lipinski definition) is 4. The Morgan fingerprint density at radius 3 is 2.94 bits per heavy atom. The van der Waals surface area contributed by atoms with E-state index in [0.29, 0.717) is 13.2 Å². The molecule has 1 spiro atoms. The van der Waals surface area contributed by atoms with E-state index < -0.39 is 0 Å². The molecule has 3 heterocycles. The third kappa shape index (κ3) is 2.19. The summed E-state index contributed by atoms with van der Waals surface area (Å²) in [6, 6.07) is 2.03. The molecule has 17 heavy (non-hydrogen) atoms. The van der Waals surface area contributed by atoms with Crippen molar-refractivity contribution in [2.24, 2.45) is 0 Å². The Morgan fingerprint density at radius 1 is 1.35 bits per heavy atom. The number of halogens is 1. The minimum Gasteiger partial charge on any atom is -0.365 e. The number of rotatable bonds is 1. The monoisotopic (exact) mass is 298 g/mol. The smallest absolute Gasteiger partial charge is 0.186 e. The van der Waals surface area contributed by atoms with Gasteiger partial charge in [0.1, 0.15) is 0 Å².